The molecule has 1 aromatic carbocycles. The monoisotopic (exact) mass is 339 g/mol. The van der Waals surface area contributed by atoms with Gasteiger partial charge in [0, 0.05) is 5.56 Å². The molecule has 0 spiro atoms. The van der Waals surface area contributed by atoms with Crippen molar-refractivity contribution in [1.82, 2.24) is 14.5 Å². The largest absolute Gasteiger partial charge is 0.496 e. The van der Waals surface area contributed by atoms with Gasteiger partial charge in [0.2, 0.25) is 0 Å². The minimum absolute atomic E-state index is 0.187. The molecule has 1 amide bonds. The number of methoxy groups -OCH3 is 1. The van der Waals surface area contributed by atoms with Gasteiger partial charge in [-0.1, -0.05) is 6.07 Å². The third kappa shape index (κ3) is 2.39. The van der Waals surface area contributed by atoms with Gasteiger partial charge in [0.1, 0.15) is 22.6 Å². The van der Waals surface area contributed by atoms with Crippen LogP contribution in [-0.4, -0.2) is 27.6 Å². The van der Waals surface area contributed by atoms with Crippen LogP contribution in [0.2, 0.25) is 0 Å². The molecule has 0 saturated heterocycles. The minimum atomic E-state index is -0.628. The molecule has 0 aliphatic heterocycles. The Kier molecular flexibility index (Phi) is 3.87. The van der Waals surface area contributed by atoms with Crippen molar-refractivity contribution in [1.29, 1.82) is 0 Å². The third-order valence-corrected chi connectivity index (χ3v) is 4.51. The number of hydrogen-bond acceptors (Lipinski definition) is 5. The fraction of sp³-hybridized carbons (Fsp3) is 0.278. The SMILES string of the molecule is COc1ccc(C)c(-n2c(N)c(C(N)=O)c3nc(C)c(C)nc32)c1C. The highest BCUT2D eigenvalue weighted by molar-refractivity contribution is 6.09. The van der Waals surface area contributed by atoms with E-state index in [0.717, 1.165) is 34.0 Å². The van der Waals surface area contributed by atoms with E-state index >= 15 is 0 Å². The Balaban J connectivity index is 2.52. The number of carbonyl (C=O) groups excluding carboxylic acids is 1. The van der Waals surface area contributed by atoms with Gasteiger partial charge in [-0.05, 0) is 39.3 Å². The molecular weight excluding hydrogens is 318 g/mol. The summed E-state index contributed by atoms with van der Waals surface area (Å²) >= 11 is 0. The average Bonchev–Trinajstić information content (AvgIpc) is 2.80. The van der Waals surface area contributed by atoms with Crippen molar-refractivity contribution in [3.05, 3.63) is 40.2 Å². The molecule has 4 N–H and O–H groups in total. The predicted molar refractivity (Wildman–Crippen MR) is 97.3 cm³/mol. The zero-order chi connectivity index (χ0) is 18.5. The zero-order valence-corrected chi connectivity index (χ0v) is 15.0. The maximum atomic E-state index is 12.0. The van der Waals surface area contributed by atoms with Gasteiger partial charge in [0.15, 0.2) is 5.65 Å². The van der Waals surface area contributed by atoms with Gasteiger partial charge in [-0.25, -0.2) is 9.97 Å². The molecule has 0 unspecified atom stereocenters. The number of aryl methyl sites for hydroxylation is 3. The Bertz CT molecular complexity index is 1020. The van der Waals surface area contributed by atoms with Crippen LogP contribution in [0.15, 0.2) is 12.1 Å². The molecule has 0 saturated carbocycles. The number of primary amides is 1. The Morgan fingerprint density at radius 1 is 1.12 bits per heavy atom. The number of carbonyl (C=O) groups is 1. The highest BCUT2D eigenvalue weighted by atomic mass is 16.5. The van der Waals surface area contributed by atoms with E-state index in [9.17, 15) is 4.79 Å². The van der Waals surface area contributed by atoms with Gasteiger partial charge in [0.05, 0.1) is 24.2 Å². The van der Waals surface area contributed by atoms with Gasteiger partial charge in [0.25, 0.3) is 5.91 Å². The standard InChI is InChI=1S/C18H21N5O2/c1-8-6-7-12(25-5)9(2)15(8)23-16(19)13(17(20)24)14-18(23)22-11(4)10(3)21-14/h6-7H,19H2,1-5H3,(H2,20,24). The van der Waals surface area contributed by atoms with Crippen LogP contribution in [0.1, 0.15) is 32.9 Å². The number of nitrogens with zero attached hydrogens (tertiary/aromatic N) is 3. The van der Waals surface area contributed by atoms with Crippen LogP contribution in [0.25, 0.3) is 16.9 Å². The second kappa shape index (κ2) is 5.77. The molecule has 0 bridgehead atoms. The summed E-state index contributed by atoms with van der Waals surface area (Å²) in [7, 11) is 1.61. The van der Waals surface area contributed by atoms with Gasteiger partial charge in [-0.15, -0.1) is 0 Å². The van der Waals surface area contributed by atoms with Crippen molar-refractivity contribution < 1.29 is 9.53 Å². The summed E-state index contributed by atoms with van der Waals surface area (Å²) < 4.78 is 7.17. The van der Waals surface area contributed by atoms with Crippen molar-refractivity contribution in [2.45, 2.75) is 27.7 Å². The van der Waals surface area contributed by atoms with E-state index in [1.54, 1.807) is 11.7 Å². The van der Waals surface area contributed by atoms with Gasteiger partial charge in [-0.3, -0.25) is 9.36 Å². The normalized spacial score (nSPS) is 11.1. The topological polar surface area (TPSA) is 109 Å². The summed E-state index contributed by atoms with van der Waals surface area (Å²) in [5.41, 5.74) is 17.2. The van der Waals surface area contributed by atoms with E-state index in [4.69, 9.17) is 16.2 Å². The highest BCUT2D eigenvalue weighted by Crippen LogP contribution is 2.35. The van der Waals surface area contributed by atoms with E-state index in [2.05, 4.69) is 9.97 Å². The van der Waals surface area contributed by atoms with Crippen LogP contribution in [-0.2, 0) is 0 Å². The molecule has 0 aliphatic rings. The molecule has 2 aromatic heterocycles. The van der Waals surface area contributed by atoms with Gasteiger partial charge < -0.3 is 16.2 Å². The molecule has 2 heterocycles. The van der Waals surface area contributed by atoms with Crippen LogP contribution in [0.5, 0.6) is 5.75 Å². The Labute approximate surface area is 145 Å². The molecule has 7 nitrogen and oxygen atoms in total. The molecule has 0 atom stereocenters. The van der Waals surface area contributed by atoms with Gasteiger partial charge >= 0.3 is 0 Å². The molecule has 0 aliphatic carbocycles. The van der Waals surface area contributed by atoms with Gasteiger partial charge in [-0.2, -0.15) is 0 Å². The van der Waals surface area contributed by atoms with Crippen molar-refractivity contribution in [2.24, 2.45) is 5.73 Å². The molecule has 130 valence electrons. The van der Waals surface area contributed by atoms with E-state index in [0.29, 0.717) is 11.2 Å². The van der Waals surface area contributed by atoms with Crippen molar-refractivity contribution in [2.75, 3.05) is 12.8 Å². The van der Waals surface area contributed by atoms with Crippen LogP contribution in [0, 0.1) is 27.7 Å². The molecule has 7 heteroatoms. The number of anilines is 1. The first-order valence-electron chi connectivity index (χ1n) is 7.87. The molecule has 25 heavy (non-hydrogen) atoms. The predicted octanol–water partition coefficient (Wildman–Crippen LogP) is 2.34. The van der Waals surface area contributed by atoms with Crippen molar-refractivity contribution in [3.8, 4) is 11.4 Å². The Hall–Kier alpha value is -3.09. The third-order valence-electron chi connectivity index (χ3n) is 4.51. The first-order valence-corrected chi connectivity index (χ1v) is 7.87. The average molecular weight is 339 g/mol. The van der Waals surface area contributed by atoms with Crippen LogP contribution in [0.3, 0.4) is 0 Å². The van der Waals surface area contributed by atoms with Crippen LogP contribution < -0.4 is 16.2 Å². The second-order valence-corrected chi connectivity index (χ2v) is 6.08. The fourth-order valence-electron chi connectivity index (χ4n) is 3.11. The quantitative estimate of drug-likeness (QED) is 0.761. The molecule has 0 radical (unpaired) electrons. The number of fused-ring (bicyclic) bond motifs is 1. The van der Waals surface area contributed by atoms with Crippen molar-refractivity contribution >= 4 is 22.9 Å². The summed E-state index contributed by atoms with van der Waals surface area (Å²) in [6.07, 6.45) is 0. The smallest absolute Gasteiger partial charge is 0.254 e. The summed E-state index contributed by atoms with van der Waals surface area (Å²) in [5, 5.41) is 0. The van der Waals surface area contributed by atoms with E-state index < -0.39 is 5.91 Å². The maximum absolute atomic E-state index is 12.0. The number of nitrogens with two attached hydrogens (primary N) is 2. The molecule has 0 fully saturated rings. The number of benzene rings is 1. The Morgan fingerprint density at radius 3 is 2.36 bits per heavy atom. The Morgan fingerprint density at radius 2 is 1.76 bits per heavy atom. The fourth-order valence-corrected chi connectivity index (χ4v) is 3.11. The van der Waals surface area contributed by atoms with E-state index in [1.165, 1.54) is 0 Å². The number of hydrogen-bond donors (Lipinski definition) is 2. The first kappa shape index (κ1) is 16.8. The number of rotatable bonds is 3. The summed E-state index contributed by atoms with van der Waals surface area (Å²) in [5.74, 6) is 0.322. The molecular formula is C18H21N5O2. The van der Waals surface area contributed by atoms with Crippen LogP contribution in [0.4, 0.5) is 5.82 Å². The lowest BCUT2D eigenvalue weighted by Gasteiger charge is -2.16. The highest BCUT2D eigenvalue weighted by Gasteiger charge is 2.25. The van der Waals surface area contributed by atoms with E-state index in [1.807, 2.05) is 39.8 Å². The lowest BCUT2D eigenvalue weighted by molar-refractivity contribution is 0.100. The molecule has 3 rings (SSSR count). The summed E-state index contributed by atoms with van der Waals surface area (Å²) in [6, 6.07) is 3.83. The number of aromatic nitrogens is 3. The second-order valence-electron chi connectivity index (χ2n) is 6.08. The number of ether oxygens (including phenoxy) is 1. The zero-order valence-electron chi connectivity index (χ0n) is 15.0. The summed E-state index contributed by atoms with van der Waals surface area (Å²) in [4.78, 5) is 21.1. The number of nitrogen functional groups attached to an aromatic ring is 1. The minimum Gasteiger partial charge on any atom is -0.496 e. The van der Waals surface area contributed by atoms with Crippen molar-refractivity contribution in [3.63, 3.8) is 0 Å². The van der Waals surface area contributed by atoms with Crippen LogP contribution >= 0.6 is 0 Å². The lowest BCUT2D eigenvalue weighted by Crippen LogP contribution is -2.14. The van der Waals surface area contributed by atoms with E-state index in [-0.39, 0.29) is 11.4 Å². The summed E-state index contributed by atoms with van der Waals surface area (Å²) in [6.45, 7) is 7.60. The maximum Gasteiger partial charge on any atom is 0.254 e. The lowest BCUT2D eigenvalue weighted by atomic mass is 10.1. The molecule has 3 aromatic rings. The first-order chi connectivity index (χ1) is 11.8. The number of amides is 1.